The number of thiol groups is 1. The summed E-state index contributed by atoms with van der Waals surface area (Å²) >= 11 is 4.22. The number of para-hydroxylation sites is 2. The number of carbonyl (C=O) groups is 4. The van der Waals surface area contributed by atoms with Gasteiger partial charge in [0.2, 0.25) is 17.7 Å². The first-order valence-electron chi connectivity index (χ1n) is 14.5. The summed E-state index contributed by atoms with van der Waals surface area (Å²) in [6.45, 7) is 0.407. The Balaban J connectivity index is 1.49. The predicted octanol–water partition coefficient (Wildman–Crippen LogP) is 1.36. The molecule has 4 atom stereocenters. The molecule has 0 radical (unpaired) electrons. The van der Waals surface area contributed by atoms with Crippen molar-refractivity contribution in [1.82, 2.24) is 25.9 Å². The Morgan fingerprint density at radius 2 is 1.27 bits per heavy atom. The number of hydrogen-bond acceptors (Lipinski definition) is 7. The van der Waals surface area contributed by atoms with Gasteiger partial charge in [-0.15, -0.1) is 0 Å². The number of rotatable bonds is 16. The lowest BCUT2D eigenvalue weighted by atomic mass is 10.0. The highest BCUT2D eigenvalue weighted by molar-refractivity contribution is 7.80. The van der Waals surface area contributed by atoms with E-state index in [4.69, 9.17) is 11.5 Å². The van der Waals surface area contributed by atoms with Crippen molar-refractivity contribution in [2.75, 3.05) is 12.3 Å². The molecule has 0 aliphatic carbocycles. The summed E-state index contributed by atoms with van der Waals surface area (Å²) in [5.74, 6) is -3.14. The summed E-state index contributed by atoms with van der Waals surface area (Å²) in [6.07, 6.45) is 5.25. The number of benzene rings is 2. The van der Waals surface area contributed by atoms with Crippen LogP contribution in [0.4, 0.5) is 0 Å². The first-order chi connectivity index (χ1) is 21.2. The van der Waals surface area contributed by atoms with Gasteiger partial charge in [-0.25, -0.2) is 4.79 Å². The Bertz CT molecular complexity index is 1600. The molecule has 0 bridgehead atoms. The highest BCUT2D eigenvalue weighted by Gasteiger charge is 2.30. The number of aliphatic carboxylic acids is 1. The van der Waals surface area contributed by atoms with E-state index in [-0.39, 0.29) is 25.0 Å². The van der Waals surface area contributed by atoms with Gasteiger partial charge in [0.15, 0.2) is 0 Å². The number of carboxylic acids is 1. The molecule has 3 amide bonds. The molecule has 2 aromatic heterocycles. The molecule has 0 aliphatic heterocycles. The van der Waals surface area contributed by atoms with Gasteiger partial charge < -0.3 is 42.5 Å². The van der Waals surface area contributed by atoms with Crippen molar-refractivity contribution < 1.29 is 24.3 Å². The van der Waals surface area contributed by atoms with Crippen LogP contribution in [0.5, 0.6) is 0 Å². The Labute approximate surface area is 260 Å². The summed E-state index contributed by atoms with van der Waals surface area (Å²) in [6, 6.07) is 10.9. The van der Waals surface area contributed by atoms with E-state index in [2.05, 4.69) is 38.5 Å². The average molecular weight is 622 g/mol. The number of nitrogens with two attached hydrogens (primary N) is 2. The van der Waals surface area contributed by atoms with Gasteiger partial charge in [0, 0.05) is 46.4 Å². The standard InChI is InChI=1S/C31H39N7O5S/c32-12-6-5-11-25(31(42)43)36-30(41)27(17-44)38-29(40)26(14-19-16-35-24-10-4-2-8-21(19)24)37-28(39)22(33)13-18-15-34-23-9-3-1-7-20(18)23/h1-4,7-10,15-16,22,25-27,34-35,44H,5-6,11-14,17,32-33H2,(H,36,41)(H,37,39)(H,38,40)(H,42,43). The monoisotopic (exact) mass is 621 g/mol. The zero-order valence-corrected chi connectivity index (χ0v) is 25.1. The van der Waals surface area contributed by atoms with Gasteiger partial charge in [-0.1, -0.05) is 36.4 Å². The zero-order valence-electron chi connectivity index (χ0n) is 24.2. The number of amides is 3. The van der Waals surface area contributed by atoms with Gasteiger partial charge in [0.1, 0.15) is 18.1 Å². The molecule has 13 heteroatoms. The normalized spacial score (nSPS) is 14.1. The Morgan fingerprint density at radius 3 is 1.84 bits per heavy atom. The van der Waals surface area contributed by atoms with E-state index < -0.39 is 47.9 Å². The third-order valence-electron chi connectivity index (χ3n) is 7.56. The maximum absolute atomic E-state index is 13.6. The number of nitrogens with one attached hydrogen (secondary N) is 5. The second-order valence-electron chi connectivity index (χ2n) is 10.7. The second-order valence-corrected chi connectivity index (χ2v) is 11.1. The molecular weight excluding hydrogens is 582 g/mol. The summed E-state index contributed by atoms with van der Waals surface area (Å²) < 4.78 is 0. The molecule has 4 aromatic rings. The zero-order chi connectivity index (χ0) is 31.6. The van der Waals surface area contributed by atoms with Gasteiger partial charge >= 0.3 is 5.97 Å². The highest BCUT2D eigenvalue weighted by Crippen LogP contribution is 2.21. The smallest absolute Gasteiger partial charge is 0.326 e. The summed E-state index contributed by atoms with van der Waals surface area (Å²) in [5.41, 5.74) is 15.3. The minimum absolute atomic E-state index is 0.0967. The lowest BCUT2D eigenvalue weighted by molar-refractivity contribution is -0.142. The van der Waals surface area contributed by atoms with Gasteiger partial charge in [-0.3, -0.25) is 14.4 Å². The fourth-order valence-corrected chi connectivity index (χ4v) is 5.38. The number of hydrogen-bond donors (Lipinski definition) is 9. The third-order valence-corrected chi connectivity index (χ3v) is 7.93. The van der Waals surface area contributed by atoms with E-state index in [0.717, 1.165) is 32.9 Å². The largest absolute Gasteiger partial charge is 0.480 e. The van der Waals surface area contributed by atoms with Crippen LogP contribution in [0.2, 0.25) is 0 Å². The molecule has 234 valence electrons. The van der Waals surface area contributed by atoms with E-state index >= 15 is 0 Å². The molecule has 44 heavy (non-hydrogen) atoms. The quantitative estimate of drug-likeness (QED) is 0.0662. The van der Waals surface area contributed by atoms with E-state index in [9.17, 15) is 24.3 Å². The highest BCUT2D eigenvalue weighted by atomic mass is 32.1. The van der Waals surface area contributed by atoms with Crippen molar-refractivity contribution in [2.45, 2.75) is 56.3 Å². The van der Waals surface area contributed by atoms with Crippen LogP contribution in [0.25, 0.3) is 21.8 Å². The first kappa shape index (κ1) is 32.6. The molecule has 2 aromatic carbocycles. The summed E-state index contributed by atoms with van der Waals surface area (Å²) in [7, 11) is 0. The third kappa shape index (κ3) is 8.18. The number of aromatic amines is 2. The van der Waals surface area contributed by atoms with Crippen LogP contribution < -0.4 is 27.4 Å². The molecule has 0 spiro atoms. The molecule has 0 saturated carbocycles. The molecule has 0 fully saturated rings. The van der Waals surface area contributed by atoms with Crippen LogP contribution in [0.15, 0.2) is 60.9 Å². The molecule has 4 rings (SSSR count). The van der Waals surface area contributed by atoms with Gasteiger partial charge in [-0.2, -0.15) is 12.6 Å². The van der Waals surface area contributed by atoms with E-state index in [1.807, 2.05) is 54.7 Å². The number of H-pyrrole nitrogens is 2. The van der Waals surface area contributed by atoms with Gasteiger partial charge in [-0.05, 0) is 55.5 Å². The Morgan fingerprint density at radius 1 is 0.750 bits per heavy atom. The van der Waals surface area contributed by atoms with Crippen LogP contribution in [0.3, 0.4) is 0 Å². The second kappa shape index (κ2) is 15.4. The predicted molar refractivity (Wildman–Crippen MR) is 172 cm³/mol. The van der Waals surface area contributed by atoms with E-state index in [1.54, 1.807) is 6.20 Å². The molecule has 4 unspecified atom stereocenters. The van der Waals surface area contributed by atoms with Crippen molar-refractivity contribution in [3.8, 4) is 0 Å². The maximum atomic E-state index is 13.6. The minimum atomic E-state index is -1.19. The van der Waals surface area contributed by atoms with Crippen molar-refractivity contribution in [2.24, 2.45) is 11.5 Å². The number of carbonyl (C=O) groups excluding carboxylic acids is 3. The lowest BCUT2D eigenvalue weighted by Gasteiger charge is -2.24. The lowest BCUT2D eigenvalue weighted by Crippen LogP contribution is -2.58. The molecule has 2 heterocycles. The Hall–Kier alpha value is -4.33. The van der Waals surface area contributed by atoms with Crippen molar-refractivity contribution in [3.05, 3.63) is 72.1 Å². The summed E-state index contributed by atoms with van der Waals surface area (Å²) in [4.78, 5) is 58.0. The topological polar surface area (TPSA) is 208 Å². The molecular formula is C31H39N7O5S. The molecule has 0 aliphatic rings. The van der Waals surface area contributed by atoms with E-state index in [1.165, 1.54) is 0 Å². The van der Waals surface area contributed by atoms with Gasteiger partial charge in [0.05, 0.1) is 6.04 Å². The van der Waals surface area contributed by atoms with Crippen LogP contribution >= 0.6 is 12.6 Å². The molecule has 12 nitrogen and oxygen atoms in total. The number of fused-ring (bicyclic) bond motifs is 2. The van der Waals surface area contributed by atoms with Crippen molar-refractivity contribution >= 4 is 58.1 Å². The SMILES string of the molecule is NCCCCC(NC(=O)C(CS)NC(=O)C(Cc1c[nH]c2ccccc12)NC(=O)C(N)Cc1c[nH]c2ccccc12)C(=O)O. The fourth-order valence-electron chi connectivity index (χ4n) is 5.13. The molecule has 0 saturated heterocycles. The number of aromatic nitrogens is 2. The summed E-state index contributed by atoms with van der Waals surface area (Å²) in [5, 5.41) is 19.3. The number of carboxylic acid groups (broad SMARTS) is 1. The van der Waals surface area contributed by atoms with E-state index in [0.29, 0.717) is 19.4 Å². The van der Waals surface area contributed by atoms with Crippen LogP contribution in [-0.4, -0.2) is 75.2 Å². The molecule has 10 N–H and O–H groups in total. The fraction of sp³-hybridized carbons (Fsp3) is 0.355. The van der Waals surface area contributed by atoms with Gasteiger partial charge in [0.25, 0.3) is 0 Å². The van der Waals surface area contributed by atoms with Crippen LogP contribution in [0.1, 0.15) is 30.4 Å². The van der Waals surface area contributed by atoms with Crippen LogP contribution in [-0.2, 0) is 32.0 Å². The minimum Gasteiger partial charge on any atom is -0.480 e. The number of unbranched alkanes of at least 4 members (excludes halogenated alkanes) is 1. The van der Waals surface area contributed by atoms with Crippen molar-refractivity contribution in [1.29, 1.82) is 0 Å². The first-order valence-corrected chi connectivity index (χ1v) is 15.2. The average Bonchev–Trinajstić information content (AvgIpc) is 3.62. The van der Waals surface area contributed by atoms with Crippen molar-refractivity contribution in [3.63, 3.8) is 0 Å². The Kier molecular flexibility index (Phi) is 11.4. The van der Waals surface area contributed by atoms with Crippen LogP contribution in [0, 0.1) is 0 Å². The maximum Gasteiger partial charge on any atom is 0.326 e.